The van der Waals surface area contributed by atoms with E-state index in [1.807, 2.05) is 45.0 Å². The van der Waals surface area contributed by atoms with E-state index in [2.05, 4.69) is 9.97 Å². The van der Waals surface area contributed by atoms with E-state index in [4.69, 9.17) is 4.74 Å². The molecule has 1 atom stereocenters. The molecular weight excluding hydrogens is 240 g/mol. The van der Waals surface area contributed by atoms with Gasteiger partial charge in [0.15, 0.2) is 5.82 Å². The third kappa shape index (κ3) is 3.51. The summed E-state index contributed by atoms with van der Waals surface area (Å²) in [6.45, 7) is 5.86. The smallest absolute Gasteiger partial charge is 0.161 e. The summed E-state index contributed by atoms with van der Waals surface area (Å²) >= 11 is 0. The number of hydrogen-bond donors (Lipinski definition) is 1. The van der Waals surface area contributed by atoms with Crippen LogP contribution in [0.3, 0.4) is 0 Å². The van der Waals surface area contributed by atoms with Gasteiger partial charge in [-0.25, -0.2) is 9.97 Å². The molecule has 0 aliphatic heterocycles. The number of benzene rings is 1. The minimum absolute atomic E-state index is 0.135. The molecule has 0 aliphatic rings. The predicted octanol–water partition coefficient (Wildman–Crippen LogP) is 2.65. The first-order valence-corrected chi connectivity index (χ1v) is 6.29. The topological polar surface area (TPSA) is 55.2 Å². The van der Waals surface area contributed by atoms with E-state index in [1.165, 1.54) is 0 Å². The van der Waals surface area contributed by atoms with Crippen molar-refractivity contribution in [1.29, 1.82) is 0 Å². The number of aromatic nitrogens is 2. The quantitative estimate of drug-likeness (QED) is 0.916. The van der Waals surface area contributed by atoms with Gasteiger partial charge in [-0.2, -0.15) is 0 Å². The predicted molar refractivity (Wildman–Crippen MR) is 73.0 cm³/mol. The third-order valence-corrected chi connectivity index (χ3v) is 2.61. The molecular formula is C15H18N2O2. The number of aliphatic hydroxyl groups is 1. The van der Waals surface area contributed by atoms with Crippen LogP contribution in [-0.4, -0.2) is 21.2 Å². The Balaban J connectivity index is 2.15. The first kappa shape index (κ1) is 13.5. The molecule has 0 aliphatic carbocycles. The van der Waals surface area contributed by atoms with E-state index < -0.39 is 6.10 Å². The Hall–Kier alpha value is -1.94. The molecule has 0 fully saturated rings. The Kier molecular flexibility index (Phi) is 4.12. The number of nitrogens with zero attached hydrogens (tertiary/aromatic N) is 2. The number of rotatable bonds is 4. The number of hydrogen-bond acceptors (Lipinski definition) is 4. The van der Waals surface area contributed by atoms with Gasteiger partial charge in [0.2, 0.25) is 0 Å². The molecule has 0 saturated carbocycles. The molecule has 1 unspecified atom stereocenters. The van der Waals surface area contributed by atoms with Gasteiger partial charge in [0.1, 0.15) is 11.9 Å². The van der Waals surface area contributed by atoms with Crippen molar-refractivity contribution in [1.82, 2.24) is 9.97 Å². The highest BCUT2D eigenvalue weighted by molar-refractivity contribution is 5.31. The molecule has 1 N–H and O–H groups in total. The summed E-state index contributed by atoms with van der Waals surface area (Å²) in [7, 11) is 0. The van der Waals surface area contributed by atoms with E-state index in [9.17, 15) is 5.11 Å². The zero-order valence-corrected chi connectivity index (χ0v) is 11.4. The van der Waals surface area contributed by atoms with Gasteiger partial charge in [-0.15, -0.1) is 0 Å². The molecule has 0 saturated heterocycles. The number of aliphatic hydroxyl groups excluding tert-OH is 1. The van der Waals surface area contributed by atoms with E-state index >= 15 is 0 Å². The highest BCUT2D eigenvalue weighted by Crippen LogP contribution is 2.22. The minimum atomic E-state index is -0.811. The molecule has 2 aromatic rings. The van der Waals surface area contributed by atoms with Crippen LogP contribution in [-0.2, 0) is 0 Å². The number of ether oxygens (including phenoxy) is 1. The summed E-state index contributed by atoms with van der Waals surface area (Å²) in [6, 6.07) is 7.33. The molecule has 0 bridgehead atoms. The Bertz CT molecular complexity index is 521. The Labute approximate surface area is 113 Å². The highest BCUT2D eigenvalue weighted by Gasteiger charge is 2.13. The molecule has 1 aromatic heterocycles. The van der Waals surface area contributed by atoms with Gasteiger partial charge in [0, 0.05) is 12.4 Å². The molecule has 2 rings (SSSR count). The van der Waals surface area contributed by atoms with Crippen LogP contribution in [0.2, 0.25) is 0 Å². The van der Waals surface area contributed by atoms with Crippen LogP contribution in [0.5, 0.6) is 5.75 Å². The maximum Gasteiger partial charge on any atom is 0.161 e. The maximum atomic E-state index is 10.2. The molecule has 1 heterocycles. The van der Waals surface area contributed by atoms with Crippen molar-refractivity contribution in [3.63, 3.8) is 0 Å². The van der Waals surface area contributed by atoms with E-state index in [1.54, 1.807) is 12.4 Å². The van der Waals surface area contributed by atoms with Crippen LogP contribution in [0.4, 0.5) is 0 Å². The SMILES string of the molecule is Cc1cnc(C(O)c2ccc(OC(C)C)cc2)nc1. The average Bonchev–Trinajstić information content (AvgIpc) is 2.39. The van der Waals surface area contributed by atoms with Crippen molar-refractivity contribution >= 4 is 0 Å². The molecule has 4 nitrogen and oxygen atoms in total. The van der Waals surface area contributed by atoms with Gasteiger partial charge in [0.05, 0.1) is 6.10 Å². The van der Waals surface area contributed by atoms with E-state index in [0.29, 0.717) is 5.82 Å². The largest absolute Gasteiger partial charge is 0.491 e. The molecule has 100 valence electrons. The van der Waals surface area contributed by atoms with Gasteiger partial charge in [0.25, 0.3) is 0 Å². The van der Waals surface area contributed by atoms with Gasteiger partial charge in [-0.1, -0.05) is 12.1 Å². The second-order valence-corrected chi connectivity index (χ2v) is 4.76. The van der Waals surface area contributed by atoms with Crippen molar-refractivity contribution < 1.29 is 9.84 Å². The molecule has 1 aromatic carbocycles. The summed E-state index contributed by atoms with van der Waals surface area (Å²) < 4.78 is 5.56. The monoisotopic (exact) mass is 258 g/mol. The third-order valence-electron chi connectivity index (χ3n) is 2.61. The van der Waals surface area contributed by atoms with Gasteiger partial charge in [-0.3, -0.25) is 0 Å². The van der Waals surface area contributed by atoms with Crippen molar-refractivity contribution in [3.05, 3.63) is 53.6 Å². The van der Waals surface area contributed by atoms with Crippen LogP contribution in [0.25, 0.3) is 0 Å². The average molecular weight is 258 g/mol. The van der Waals surface area contributed by atoms with E-state index in [0.717, 1.165) is 16.9 Å². The fraction of sp³-hybridized carbons (Fsp3) is 0.333. The lowest BCUT2D eigenvalue weighted by Gasteiger charge is -2.12. The van der Waals surface area contributed by atoms with Gasteiger partial charge < -0.3 is 9.84 Å². The minimum Gasteiger partial charge on any atom is -0.491 e. The van der Waals surface area contributed by atoms with E-state index in [-0.39, 0.29) is 6.10 Å². The first-order valence-electron chi connectivity index (χ1n) is 6.29. The lowest BCUT2D eigenvalue weighted by Crippen LogP contribution is -2.07. The second kappa shape index (κ2) is 5.80. The zero-order chi connectivity index (χ0) is 13.8. The van der Waals surface area contributed by atoms with Crippen LogP contribution in [0.15, 0.2) is 36.7 Å². The molecule has 4 heteroatoms. The van der Waals surface area contributed by atoms with Gasteiger partial charge in [-0.05, 0) is 44.0 Å². The standard InChI is InChI=1S/C15H18N2O2/c1-10(2)19-13-6-4-12(5-7-13)14(18)15-16-8-11(3)9-17-15/h4-10,14,18H,1-3H3. The number of aryl methyl sites for hydroxylation is 1. The van der Waals surface area contributed by atoms with Crippen molar-refractivity contribution in [2.24, 2.45) is 0 Å². The summed E-state index contributed by atoms with van der Waals surface area (Å²) in [5.41, 5.74) is 1.72. The first-order chi connectivity index (χ1) is 9.06. The Morgan fingerprint density at radius 1 is 1.05 bits per heavy atom. The molecule has 0 radical (unpaired) electrons. The fourth-order valence-corrected chi connectivity index (χ4v) is 1.69. The van der Waals surface area contributed by atoms with Crippen molar-refractivity contribution in [2.75, 3.05) is 0 Å². The molecule has 0 amide bonds. The maximum absolute atomic E-state index is 10.2. The summed E-state index contributed by atoms with van der Waals surface area (Å²) in [6.07, 6.45) is 2.72. The van der Waals surface area contributed by atoms with Crippen molar-refractivity contribution in [3.8, 4) is 5.75 Å². The lowest BCUT2D eigenvalue weighted by atomic mass is 10.1. The zero-order valence-electron chi connectivity index (χ0n) is 11.4. The Morgan fingerprint density at radius 3 is 2.16 bits per heavy atom. The summed E-state index contributed by atoms with van der Waals surface area (Å²) in [4.78, 5) is 8.27. The molecule has 0 spiro atoms. The second-order valence-electron chi connectivity index (χ2n) is 4.76. The van der Waals surface area contributed by atoms with Gasteiger partial charge >= 0.3 is 0 Å². The summed E-state index contributed by atoms with van der Waals surface area (Å²) in [5.74, 6) is 1.19. The normalized spacial score (nSPS) is 12.5. The summed E-state index contributed by atoms with van der Waals surface area (Å²) in [5, 5.41) is 10.2. The van der Waals surface area contributed by atoms with Crippen LogP contribution >= 0.6 is 0 Å². The van der Waals surface area contributed by atoms with Crippen LogP contribution in [0.1, 0.15) is 36.9 Å². The van der Waals surface area contributed by atoms with Crippen LogP contribution in [0, 0.1) is 6.92 Å². The van der Waals surface area contributed by atoms with Crippen LogP contribution < -0.4 is 4.74 Å². The fourth-order valence-electron chi connectivity index (χ4n) is 1.69. The van der Waals surface area contributed by atoms with Crippen molar-refractivity contribution in [2.45, 2.75) is 33.0 Å². The molecule has 19 heavy (non-hydrogen) atoms. The highest BCUT2D eigenvalue weighted by atomic mass is 16.5. The Morgan fingerprint density at radius 2 is 1.63 bits per heavy atom. The lowest BCUT2D eigenvalue weighted by molar-refractivity contribution is 0.209.